The molecule has 3 rings (SSSR count). The van der Waals surface area contributed by atoms with Gasteiger partial charge in [-0.25, -0.2) is 4.98 Å². The second kappa shape index (κ2) is 5.95. The molecular weight excluding hydrogens is 288 g/mol. The Kier molecular flexibility index (Phi) is 4.03. The third-order valence-corrected chi connectivity index (χ3v) is 4.68. The zero-order valence-electron chi connectivity index (χ0n) is 11.9. The summed E-state index contributed by atoms with van der Waals surface area (Å²) in [5.41, 5.74) is 0.559. The molecule has 0 aliphatic carbocycles. The van der Waals surface area contributed by atoms with E-state index in [-0.39, 0.29) is 17.4 Å². The Morgan fingerprint density at radius 1 is 1.57 bits per heavy atom. The number of fused-ring (bicyclic) bond motifs is 1. The lowest BCUT2D eigenvalue weighted by molar-refractivity contribution is -0.135. The number of rotatable bonds is 3. The molecule has 7 heteroatoms. The standard InChI is InChI=1S/C14H18N4O2S/c1-18(14(20)9-3-2-5-15-7-9)8-11-16-10-4-6-21-12(10)13(19)17-11/h4,6,9,15H,2-3,5,7-8H2,1H3,(H,16,17,19)/t9-/m1/s1. The minimum atomic E-state index is -0.134. The Hall–Kier alpha value is -1.73. The minimum absolute atomic E-state index is 0.0281. The summed E-state index contributed by atoms with van der Waals surface area (Å²) in [4.78, 5) is 33.1. The first-order valence-electron chi connectivity index (χ1n) is 7.07. The lowest BCUT2D eigenvalue weighted by Crippen LogP contribution is -2.41. The van der Waals surface area contributed by atoms with Crippen molar-refractivity contribution >= 4 is 27.5 Å². The molecule has 21 heavy (non-hydrogen) atoms. The number of carbonyl (C=O) groups excluding carboxylic acids is 1. The first-order valence-corrected chi connectivity index (χ1v) is 7.95. The summed E-state index contributed by atoms with van der Waals surface area (Å²) in [7, 11) is 1.76. The molecule has 2 aromatic rings. The molecule has 1 fully saturated rings. The number of hydrogen-bond acceptors (Lipinski definition) is 5. The summed E-state index contributed by atoms with van der Waals surface area (Å²) >= 11 is 1.38. The van der Waals surface area contributed by atoms with Crippen LogP contribution in [0.25, 0.3) is 10.2 Å². The molecule has 1 saturated heterocycles. The molecule has 0 spiro atoms. The van der Waals surface area contributed by atoms with Crippen molar-refractivity contribution in [3.8, 4) is 0 Å². The lowest BCUT2D eigenvalue weighted by atomic mass is 9.98. The first-order chi connectivity index (χ1) is 10.1. The number of hydrogen-bond donors (Lipinski definition) is 2. The van der Waals surface area contributed by atoms with Gasteiger partial charge in [-0.05, 0) is 30.8 Å². The zero-order valence-corrected chi connectivity index (χ0v) is 12.7. The Labute approximate surface area is 126 Å². The van der Waals surface area contributed by atoms with Crippen molar-refractivity contribution in [2.45, 2.75) is 19.4 Å². The van der Waals surface area contributed by atoms with Crippen molar-refractivity contribution < 1.29 is 4.79 Å². The van der Waals surface area contributed by atoms with Gasteiger partial charge in [0, 0.05) is 13.6 Å². The molecule has 1 amide bonds. The number of aromatic nitrogens is 2. The van der Waals surface area contributed by atoms with Gasteiger partial charge in [0.25, 0.3) is 5.56 Å². The Morgan fingerprint density at radius 3 is 3.19 bits per heavy atom. The van der Waals surface area contributed by atoms with E-state index in [1.807, 2.05) is 11.4 Å². The quantitative estimate of drug-likeness (QED) is 0.885. The molecule has 3 heterocycles. The molecule has 0 aromatic carbocycles. The minimum Gasteiger partial charge on any atom is -0.338 e. The van der Waals surface area contributed by atoms with Gasteiger partial charge >= 0.3 is 0 Å². The third kappa shape index (κ3) is 2.98. The average molecular weight is 306 g/mol. The van der Waals surface area contributed by atoms with Gasteiger partial charge in [0.2, 0.25) is 5.91 Å². The van der Waals surface area contributed by atoms with Crippen LogP contribution in [0.5, 0.6) is 0 Å². The van der Waals surface area contributed by atoms with Crippen LogP contribution < -0.4 is 10.9 Å². The normalized spacial score (nSPS) is 18.8. The molecule has 1 atom stereocenters. The van der Waals surface area contributed by atoms with E-state index in [0.29, 0.717) is 22.6 Å². The van der Waals surface area contributed by atoms with E-state index >= 15 is 0 Å². The summed E-state index contributed by atoms with van der Waals surface area (Å²) in [6.45, 7) is 2.05. The smallest absolute Gasteiger partial charge is 0.268 e. The number of nitrogens with one attached hydrogen (secondary N) is 2. The van der Waals surface area contributed by atoms with Crippen molar-refractivity contribution in [1.29, 1.82) is 0 Å². The summed E-state index contributed by atoms with van der Waals surface area (Å²) in [5.74, 6) is 0.668. The molecule has 112 valence electrons. The van der Waals surface area contributed by atoms with E-state index in [1.54, 1.807) is 11.9 Å². The van der Waals surface area contributed by atoms with Crippen molar-refractivity contribution in [3.63, 3.8) is 0 Å². The molecule has 0 bridgehead atoms. The summed E-state index contributed by atoms with van der Waals surface area (Å²) in [6.07, 6.45) is 1.95. The fourth-order valence-corrected chi connectivity index (χ4v) is 3.40. The summed E-state index contributed by atoms with van der Waals surface area (Å²) in [5, 5.41) is 5.09. The molecule has 0 radical (unpaired) electrons. The maximum absolute atomic E-state index is 12.4. The third-order valence-electron chi connectivity index (χ3n) is 3.77. The maximum atomic E-state index is 12.4. The molecule has 1 aliphatic rings. The summed E-state index contributed by atoms with van der Waals surface area (Å²) < 4.78 is 0.629. The van der Waals surface area contributed by atoms with E-state index in [0.717, 1.165) is 25.9 Å². The predicted molar refractivity (Wildman–Crippen MR) is 82.3 cm³/mol. The van der Waals surface area contributed by atoms with E-state index in [1.165, 1.54) is 11.3 Å². The van der Waals surface area contributed by atoms with Gasteiger partial charge in [0.1, 0.15) is 10.5 Å². The van der Waals surface area contributed by atoms with E-state index < -0.39 is 0 Å². The lowest BCUT2D eigenvalue weighted by Gasteiger charge is -2.26. The maximum Gasteiger partial charge on any atom is 0.268 e. The molecule has 0 saturated carbocycles. The van der Waals surface area contributed by atoms with E-state index in [9.17, 15) is 9.59 Å². The number of amides is 1. The predicted octanol–water partition coefficient (Wildman–Crippen LogP) is 0.943. The van der Waals surface area contributed by atoms with Gasteiger partial charge < -0.3 is 15.2 Å². The molecule has 6 nitrogen and oxygen atoms in total. The second-order valence-electron chi connectivity index (χ2n) is 5.39. The van der Waals surface area contributed by atoms with Crippen LogP contribution in [0.4, 0.5) is 0 Å². The number of carbonyl (C=O) groups is 1. The van der Waals surface area contributed by atoms with Crippen LogP contribution in [0.3, 0.4) is 0 Å². The zero-order chi connectivity index (χ0) is 14.8. The van der Waals surface area contributed by atoms with Crippen LogP contribution >= 0.6 is 11.3 Å². The van der Waals surface area contributed by atoms with E-state index in [2.05, 4.69) is 15.3 Å². The average Bonchev–Trinajstić information content (AvgIpc) is 2.96. The van der Waals surface area contributed by atoms with Gasteiger partial charge in [-0.1, -0.05) is 0 Å². The SMILES string of the molecule is CN(Cc1nc2ccsc2c(=O)[nH]1)C(=O)[C@@H]1CCCNC1. The monoisotopic (exact) mass is 306 g/mol. The fourth-order valence-electron chi connectivity index (χ4n) is 2.67. The highest BCUT2D eigenvalue weighted by Gasteiger charge is 2.24. The van der Waals surface area contributed by atoms with Gasteiger partial charge in [-0.3, -0.25) is 9.59 Å². The van der Waals surface area contributed by atoms with Crippen molar-refractivity contribution in [2.24, 2.45) is 5.92 Å². The molecular formula is C14H18N4O2S. The number of piperidine rings is 1. The van der Waals surface area contributed by atoms with Crippen LogP contribution in [-0.4, -0.2) is 40.9 Å². The van der Waals surface area contributed by atoms with Crippen molar-refractivity contribution in [3.05, 3.63) is 27.6 Å². The number of nitrogens with zero attached hydrogens (tertiary/aromatic N) is 2. The first kappa shape index (κ1) is 14.2. The molecule has 2 aromatic heterocycles. The molecule has 1 aliphatic heterocycles. The number of thiophene rings is 1. The summed E-state index contributed by atoms with van der Waals surface area (Å²) in [6, 6.07) is 1.83. The Morgan fingerprint density at radius 2 is 2.43 bits per heavy atom. The number of aromatic amines is 1. The number of H-pyrrole nitrogens is 1. The van der Waals surface area contributed by atoms with Crippen molar-refractivity contribution in [2.75, 3.05) is 20.1 Å². The fraction of sp³-hybridized carbons (Fsp3) is 0.500. The van der Waals surface area contributed by atoms with E-state index in [4.69, 9.17) is 0 Å². The largest absolute Gasteiger partial charge is 0.338 e. The highest BCUT2D eigenvalue weighted by atomic mass is 32.1. The van der Waals surface area contributed by atoms with Crippen LogP contribution in [0.15, 0.2) is 16.2 Å². The van der Waals surface area contributed by atoms with Gasteiger partial charge in [0.05, 0.1) is 18.0 Å². The highest BCUT2D eigenvalue weighted by Crippen LogP contribution is 2.16. The highest BCUT2D eigenvalue weighted by molar-refractivity contribution is 7.17. The van der Waals surface area contributed by atoms with Crippen molar-refractivity contribution in [1.82, 2.24) is 20.2 Å². The Bertz CT molecular complexity index is 702. The Balaban J connectivity index is 1.74. The van der Waals surface area contributed by atoms with Gasteiger partial charge in [0.15, 0.2) is 0 Å². The second-order valence-corrected chi connectivity index (χ2v) is 6.30. The van der Waals surface area contributed by atoms with Crippen LogP contribution in [0, 0.1) is 5.92 Å². The van der Waals surface area contributed by atoms with Gasteiger partial charge in [-0.15, -0.1) is 11.3 Å². The van der Waals surface area contributed by atoms with Crippen LogP contribution in [0.1, 0.15) is 18.7 Å². The van der Waals surface area contributed by atoms with Crippen LogP contribution in [-0.2, 0) is 11.3 Å². The molecule has 0 unspecified atom stereocenters. The topological polar surface area (TPSA) is 78.1 Å². The van der Waals surface area contributed by atoms with Gasteiger partial charge in [-0.2, -0.15) is 0 Å². The van der Waals surface area contributed by atoms with Crippen LogP contribution in [0.2, 0.25) is 0 Å². The molecule has 2 N–H and O–H groups in total.